The van der Waals surface area contributed by atoms with Crippen LogP contribution in [0, 0.1) is 11.8 Å². The molecule has 0 radical (unpaired) electrons. The van der Waals surface area contributed by atoms with E-state index in [2.05, 4.69) is 22.6 Å². The van der Waals surface area contributed by atoms with Crippen LogP contribution in [-0.4, -0.2) is 50.3 Å². The molecule has 2 unspecified atom stereocenters. The Balaban J connectivity index is 1.67. The molecule has 1 saturated carbocycles. The topological polar surface area (TPSA) is 86.7 Å². The predicted octanol–water partition coefficient (Wildman–Crippen LogP) is 2.13. The van der Waals surface area contributed by atoms with Crippen LogP contribution in [0.15, 0.2) is 24.3 Å². The van der Waals surface area contributed by atoms with Crippen LogP contribution in [-0.2, 0) is 20.2 Å². The molecule has 0 spiro atoms. The first kappa shape index (κ1) is 18.2. The van der Waals surface area contributed by atoms with E-state index in [0.29, 0.717) is 23.9 Å². The summed E-state index contributed by atoms with van der Waals surface area (Å²) in [5.41, 5.74) is 1.97. The number of piperidine rings is 1. The van der Waals surface area contributed by atoms with Gasteiger partial charge in [0, 0.05) is 30.6 Å². The van der Waals surface area contributed by atoms with Crippen molar-refractivity contribution >= 4 is 21.7 Å². The second kappa shape index (κ2) is 6.61. The fraction of sp³-hybridized carbons (Fsp3) is 0.611. The Hall–Kier alpha value is -1.60. The molecule has 1 aliphatic carbocycles. The number of aliphatic carboxylic acids is 1. The van der Waals surface area contributed by atoms with E-state index in [1.54, 1.807) is 6.07 Å². The number of likely N-dealkylation sites (tertiary alicyclic amines) is 1. The fourth-order valence-electron chi connectivity index (χ4n) is 4.70. The molecule has 2 aliphatic rings. The lowest BCUT2D eigenvalue weighted by atomic mass is 9.87. The highest BCUT2D eigenvalue weighted by atomic mass is 32.2. The molecule has 6 nitrogen and oxygen atoms in total. The highest BCUT2D eigenvalue weighted by Gasteiger charge is 2.67. The van der Waals surface area contributed by atoms with E-state index >= 15 is 0 Å². The first-order valence-corrected chi connectivity index (χ1v) is 10.7. The molecule has 7 heteroatoms. The quantitative estimate of drug-likeness (QED) is 0.736. The number of sulfonamides is 1. The Morgan fingerprint density at radius 2 is 2.04 bits per heavy atom. The lowest BCUT2D eigenvalue weighted by Crippen LogP contribution is -2.31. The van der Waals surface area contributed by atoms with Crippen LogP contribution in [0.5, 0.6) is 0 Å². The van der Waals surface area contributed by atoms with E-state index in [1.165, 1.54) is 5.56 Å². The molecule has 1 aliphatic heterocycles. The Labute approximate surface area is 149 Å². The largest absolute Gasteiger partial charge is 0.481 e. The monoisotopic (exact) mass is 366 g/mol. The van der Waals surface area contributed by atoms with Crippen molar-refractivity contribution in [3.8, 4) is 0 Å². The van der Waals surface area contributed by atoms with Gasteiger partial charge in [0.25, 0.3) is 0 Å². The zero-order chi connectivity index (χ0) is 18.2. The Morgan fingerprint density at radius 1 is 1.36 bits per heavy atom. The minimum absolute atomic E-state index is 0.137. The zero-order valence-corrected chi connectivity index (χ0v) is 15.6. The minimum Gasteiger partial charge on any atom is -0.481 e. The number of carbonyl (C=O) groups is 1. The summed E-state index contributed by atoms with van der Waals surface area (Å²) in [5.74, 6) is 0.425. The van der Waals surface area contributed by atoms with Crippen LogP contribution in [0.1, 0.15) is 31.7 Å². The maximum absolute atomic E-state index is 11.5. The van der Waals surface area contributed by atoms with Gasteiger partial charge in [-0.3, -0.25) is 9.52 Å². The molecule has 0 amide bonds. The third-order valence-electron chi connectivity index (χ3n) is 5.76. The highest BCUT2D eigenvalue weighted by molar-refractivity contribution is 7.92. The summed E-state index contributed by atoms with van der Waals surface area (Å²) in [6.45, 7) is 5.04. The maximum atomic E-state index is 11.5. The summed E-state index contributed by atoms with van der Waals surface area (Å²) in [7, 11) is -3.28. The van der Waals surface area contributed by atoms with Gasteiger partial charge in [-0.2, -0.15) is 0 Å². The van der Waals surface area contributed by atoms with Gasteiger partial charge in [0.2, 0.25) is 10.0 Å². The molecule has 2 atom stereocenters. The molecular formula is C18H26N2O4S. The van der Waals surface area contributed by atoms with Crippen molar-refractivity contribution in [1.29, 1.82) is 0 Å². The van der Waals surface area contributed by atoms with E-state index in [1.807, 2.05) is 12.1 Å². The summed E-state index contributed by atoms with van der Waals surface area (Å²) in [6, 6.07) is 7.77. The Bertz CT molecular complexity index is 750. The van der Waals surface area contributed by atoms with Crippen molar-refractivity contribution < 1.29 is 18.3 Å². The molecule has 1 aromatic carbocycles. The average Bonchev–Trinajstić information content (AvgIpc) is 2.89. The molecule has 1 saturated heterocycles. The summed E-state index contributed by atoms with van der Waals surface area (Å²) in [5, 5.41) is 8.76. The summed E-state index contributed by atoms with van der Waals surface area (Å²) in [6.07, 6.45) is 3.12. The molecule has 1 heterocycles. The number of fused-ring (bicyclic) bond motifs is 1. The van der Waals surface area contributed by atoms with Gasteiger partial charge in [-0.15, -0.1) is 0 Å². The standard InChI is InChI=1S/C18H26N2O4S/c1-3-18(13-6-4-7-14(10-13)19-25(2,23)24)15-11-20(12-16(15)18)9-5-8-17(21)22/h4,6-7,10,15-16,19H,3,5,8-9,11-12H2,1-2H3,(H,21,22). The molecule has 3 rings (SSSR count). The van der Waals surface area contributed by atoms with Crippen molar-refractivity contribution in [3.63, 3.8) is 0 Å². The van der Waals surface area contributed by atoms with Crippen molar-refractivity contribution in [1.82, 2.24) is 4.90 Å². The van der Waals surface area contributed by atoms with Gasteiger partial charge < -0.3 is 10.0 Å². The number of carboxylic acid groups (broad SMARTS) is 1. The third kappa shape index (κ3) is 3.67. The van der Waals surface area contributed by atoms with Crippen LogP contribution < -0.4 is 4.72 Å². The van der Waals surface area contributed by atoms with Gasteiger partial charge in [0.1, 0.15) is 0 Å². The average molecular weight is 366 g/mol. The molecule has 2 N–H and O–H groups in total. The van der Waals surface area contributed by atoms with Gasteiger partial charge in [-0.05, 0) is 48.9 Å². The van der Waals surface area contributed by atoms with Crippen molar-refractivity contribution in [2.75, 3.05) is 30.6 Å². The molecule has 0 aromatic heterocycles. The van der Waals surface area contributed by atoms with Gasteiger partial charge in [0.15, 0.2) is 0 Å². The van der Waals surface area contributed by atoms with Crippen LogP contribution in [0.3, 0.4) is 0 Å². The van der Waals surface area contributed by atoms with Crippen LogP contribution >= 0.6 is 0 Å². The zero-order valence-electron chi connectivity index (χ0n) is 14.7. The first-order chi connectivity index (χ1) is 11.8. The number of anilines is 1. The van der Waals surface area contributed by atoms with Crippen molar-refractivity contribution in [2.24, 2.45) is 11.8 Å². The van der Waals surface area contributed by atoms with Crippen LogP contribution in [0.4, 0.5) is 5.69 Å². The predicted molar refractivity (Wildman–Crippen MR) is 97.2 cm³/mol. The molecule has 1 aromatic rings. The molecule has 138 valence electrons. The maximum Gasteiger partial charge on any atom is 0.303 e. The highest BCUT2D eigenvalue weighted by Crippen LogP contribution is 2.65. The summed E-state index contributed by atoms with van der Waals surface area (Å²) < 4.78 is 25.5. The number of nitrogens with one attached hydrogen (secondary N) is 1. The minimum atomic E-state index is -3.28. The fourth-order valence-corrected chi connectivity index (χ4v) is 5.25. The number of nitrogens with zero attached hydrogens (tertiary/aromatic N) is 1. The second-order valence-electron chi connectivity index (χ2n) is 7.32. The number of hydrogen-bond donors (Lipinski definition) is 2. The van der Waals surface area contributed by atoms with Crippen molar-refractivity contribution in [3.05, 3.63) is 29.8 Å². The summed E-state index contributed by atoms with van der Waals surface area (Å²) >= 11 is 0. The Kier molecular flexibility index (Phi) is 4.81. The lowest BCUT2D eigenvalue weighted by molar-refractivity contribution is -0.137. The number of hydrogen-bond acceptors (Lipinski definition) is 4. The number of carboxylic acids is 1. The Morgan fingerprint density at radius 3 is 2.60 bits per heavy atom. The van der Waals surface area contributed by atoms with Crippen LogP contribution in [0.2, 0.25) is 0 Å². The molecule has 0 bridgehead atoms. The van der Waals surface area contributed by atoms with E-state index in [0.717, 1.165) is 32.3 Å². The smallest absolute Gasteiger partial charge is 0.303 e. The van der Waals surface area contributed by atoms with E-state index in [9.17, 15) is 13.2 Å². The number of rotatable bonds is 8. The van der Waals surface area contributed by atoms with Gasteiger partial charge >= 0.3 is 5.97 Å². The van der Waals surface area contributed by atoms with Gasteiger partial charge in [-0.1, -0.05) is 19.1 Å². The van der Waals surface area contributed by atoms with Crippen molar-refractivity contribution in [2.45, 2.75) is 31.6 Å². The molecular weight excluding hydrogens is 340 g/mol. The number of benzene rings is 1. The van der Waals surface area contributed by atoms with E-state index in [-0.39, 0.29) is 11.8 Å². The lowest BCUT2D eigenvalue weighted by Gasteiger charge is -2.26. The van der Waals surface area contributed by atoms with E-state index < -0.39 is 16.0 Å². The molecule has 25 heavy (non-hydrogen) atoms. The second-order valence-corrected chi connectivity index (χ2v) is 9.07. The van der Waals surface area contributed by atoms with Crippen LogP contribution in [0.25, 0.3) is 0 Å². The molecule has 2 fully saturated rings. The van der Waals surface area contributed by atoms with Gasteiger partial charge in [-0.25, -0.2) is 8.42 Å². The normalized spacial score (nSPS) is 28.6. The summed E-state index contributed by atoms with van der Waals surface area (Å²) in [4.78, 5) is 13.0. The SMILES string of the molecule is CCC1(c2cccc(NS(C)(=O)=O)c2)C2CN(CCCC(=O)O)CC21. The third-order valence-corrected chi connectivity index (χ3v) is 6.37. The van der Waals surface area contributed by atoms with E-state index in [4.69, 9.17) is 5.11 Å². The van der Waals surface area contributed by atoms with Gasteiger partial charge in [0.05, 0.1) is 6.26 Å². The first-order valence-electron chi connectivity index (χ1n) is 8.78.